The first-order chi connectivity index (χ1) is 10.6. The van der Waals surface area contributed by atoms with Gasteiger partial charge < -0.3 is 9.72 Å². The molecule has 22 heavy (non-hydrogen) atoms. The second kappa shape index (κ2) is 7.47. The average molecular weight is 380 g/mol. The van der Waals surface area contributed by atoms with Gasteiger partial charge in [-0.1, -0.05) is 34.6 Å². The molecule has 1 heterocycles. The summed E-state index contributed by atoms with van der Waals surface area (Å²) in [4.78, 5) is 19.0. The molecular formula is C15H14BrN3O2S. The average Bonchev–Trinajstić information content (AvgIpc) is 2.52. The topological polar surface area (TPSA) is 78.8 Å². The highest BCUT2D eigenvalue weighted by molar-refractivity contribution is 9.10. The Bertz CT molecular complexity index is 783. The van der Waals surface area contributed by atoms with Crippen molar-refractivity contribution in [3.8, 4) is 23.1 Å². The molecule has 0 saturated heterocycles. The van der Waals surface area contributed by atoms with Gasteiger partial charge in [-0.15, -0.1) is 0 Å². The molecule has 0 unspecified atom stereocenters. The second-order valence-electron chi connectivity index (χ2n) is 4.40. The Morgan fingerprint density at radius 3 is 2.91 bits per heavy atom. The largest absolute Gasteiger partial charge is 0.493 e. The van der Waals surface area contributed by atoms with E-state index in [1.165, 1.54) is 11.8 Å². The van der Waals surface area contributed by atoms with Crippen LogP contribution in [0.15, 0.2) is 32.6 Å². The maximum Gasteiger partial charge on any atom is 0.270 e. The molecule has 0 amide bonds. The van der Waals surface area contributed by atoms with E-state index < -0.39 is 5.56 Å². The summed E-state index contributed by atoms with van der Waals surface area (Å²) < 4.78 is 6.54. The van der Waals surface area contributed by atoms with Gasteiger partial charge in [0.1, 0.15) is 23.1 Å². The lowest BCUT2D eigenvalue weighted by Gasteiger charge is -2.12. The van der Waals surface area contributed by atoms with Gasteiger partial charge in [0, 0.05) is 10.0 Å². The first kappa shape index (κ1) is 16.6. The van der Waals surface area contributed by atoms with Crippen molar-refractivity contribution in [1.29, 1.82) is 5.26 Å². The van der Waals surface area contributed by atoms with Crippen LogP contribution in [0.2, 0.25) is 0 Å². The Kier molecular flexibility index (Phi) is 5.63. The number of hydrogen-bond donors (Lipinski definition) is 1. The molecule has 7 heteroatoms. The molecule has 0 spiro atoms. The molecule has 0 aliphatic heterocycles. The minimum atomic E-state index is -0.446. The summed E-state index contributed by atoms with van der Waals surface area (Å²) in [7, 11) is 0. The quantitative estimate of drug-likeness (QED) is 0.634. The van der Waals surface area contributed by atoms with E-state index >= 15 is 0 Å². The Labute approximate surface area is 140 Å². The summed E-state index contributed by atoms with van der Waals surface area (Å²) in [6.07, 6.45) is 2.67. The van der Waals surface area contributed by atoms with Crippen molar-refractivity contribution in [3.05, 3.63) is 38.6 Å². The molecular weight excluding hydrogens is 366 g/mol. The van der Waals surface area contributed by atoms with Crippen molar-refractivity contribution >= 4 is 27.7 Å². The highest BCUT2D eigenvalue weighted by atomic mass is 79.9. The molecule has 5 nitrogen and oxygen atoms in total. The van der Waals surface area contributed by atoms with Crippen LogP contribution in [-0.4, -0.2) is 22.8 Å². The summed E-state index contributed by atoms with van der Waals surface area (Å²) in [5, 5.41) is 9.75. The van der Waals surface area contributed by atoms with Gasteiger partial charge in [-0.3, -0.25) is 4.79 Å². The van der Waals surface area contributed by atoms with Gasteiger partial charge in [0.15, 0.2) is 5.16 Å². The Morgan fingerprint density at radius 2 is 2.27 bits per heavy atom. The summed E-state index contributed by atoms with van der Waals surface area (Å²) in [5.41, 5.74) is 0.499. The molecule has 0 aliphatic carbocycles. The SMILES string of the molecule is CCCOc1ccc(Br)cc1-c1nc(SC)[nH]c(=O)c1C#N. The van der Waals surface area contributed by atoms with Crippen molar-refractivity contribution in [3.63, 3.8) is 0 Å². The standard InChI is InChI=1S/C15H14BrN3O2S/c1-3-6-21-12-5-4-9(16)7-10(12)13-11(8-17)14(20)19-15(18-13)22-2/h4-5,7H,3,6H2,1-2H3,(H,18,19,20). The lowest BCUT2D eigenvalue weighted by Crippen LogP contribution is -2.15. The number of aromatic amines is 1. The van der Waals surface area contributed by atoms with E-state index in [0.29, 0.717) is 28.8 Å². The lowest BCUT2D eigenvalue weighted by atomic mass is 10.1. The molecule has 1 aromatic heterocycles. The van der Waals surface area contributed by atoms with E-state index in [9.17, 15) is 10.1 Å². The molecule has 0 aliphatic rings. The number of benzene rings is 1. The number of rotatable bonds is 5. The predicted molar refractivity (Wildman–Crippen MR) is 90.3 cm³/mol. The highest BCUT2D eigenvalue weighted by Gasteiger charge is 2.17. The third-order valence-electron chi connectivity index (χ3n) is 2.86. The van der Waals surface area contributed by atoms with Gasteiger partial charge in [0.2, 0.25) is 0 Å². The number of ether oxygens (including phenoxy) is 1. The van der Waals surface area contributed by atoms with Crippen LogP contribution in [0.3, 0.4) is 0 Å². The van der Waals surface area contributed by atoms with Gasteiger partial charge in [-0.25, -0.2) is 4.98 Å². The summed E-state index contributed by atoms with van der Waals surface area (Å²) in [6, 6.07) is 7.39. The van der Waals surface area contributed by atoms with Gasteiger partial charge in [-0.05, 0) is 30.9 Å². The van der Waals surface area contributed by atoms with Crippen LogP contribution >= 0.6 is 27.7 Å². The second-order valence-corrected chi connectivity index (χ2v) is 6.11. The van der Waals surface area contributed by atoms with Crippen molar-refractivity contribution in [2.45, 2.75) is 18.5 Å². The van der Waals surface area contributed by atoms with Crippen molar-refractivity contribution in [2.75, 3.05) is 12.9 Å². The minimum absolute atomic E-state index is 0.0164. The Balaban J connectivity index is 2.70. The molecule has 0 radical (unpaired) electrons. The molecule has 1 N–H and O–H groups in total. The lowest BCUT2D eigenvalue weighted by molar-refractivity contribution is 0.318. The highest BCUT2D eigenvalue weighted by Crippen LogP contribution is 2.33. The summed E-state index contributed by atoms with van der Waals surface area (Å²) >= 11 is 4.72. The fraction of sp³-hybridized carbons (Fsp3) is 0.267. The van der Waals surface area contributed by atoms with Crippen LogP contribution in [0, 0.1) is 11.3 Å². The number of halogens is 1. The number of nitrogens with one attached hydrogen (secondary N) is 1. The van der Waals surface area contributed by atoms with Gasteiger partial charge in [-0.2, -0.15) is 5.26 Å². The minimum Gasteiger partial charge on any atom is -0.493 e. The van der Waals surface area contributed by atoms with Crippen molar-refractivity contribution in [2.24, 2.45) is 0 Å². The zero-order valence-electron chi connectivity index (χ0n) is 12.1. The number of nitrogens with zero attached hydrogens (tertiary/aromatic N) is 2. The third kappa shape index (κ3) is 3.51. The molecule has 0 saturated carbocycles. The van der Waals surface area contributed by atoms with Crippen molar-refractivity contribution in [1.82, 2.24) is 9.97 Å². The fourth-order valence-corrected chi connectivity index (χ4v) is 2.61. The molecule has 114 valence electrons. The number of hydrogen-bond acceptors (Lipinski definition) is 5. The number of H-pyrrole nitrogens is 1. The monoisotopic (exact) mass is 379 g/mol. The Morgan fingerprint density at radius 1 is 1.50 bits per heavy atom. The van der Waals surface area contributed by atoms with Crippen LogP contribution in [0.25, 0.3) is 11.3 Å². The zero-order valence-corrected chi connectivity index (χ0v) is 14.5. The maximum absolute atomic E-state index is 12.1. The number of thioether (sulfide) groups is 1. The number of nitriles is 1. The van der Waals surface area contributed by atoms with Gasteiger partial charge >= 0.3 is 0 Å². The third-order valence-corrected chi connectivity index (χ3v) is 3.93. The van der Waals surface area contributed by atoms with E-state index in [-0.39, 0.29) is 5.56 Å². The van der Waals surface area contributed by atoms with Crippen LogP contribution < -0.4 is 10.3 Å². The Hall–Kier alpha value is -1.78. The van der Waals surface area contributed by atoms with Gasteiger partial charge in [0.25, 0.3) is 5.56 Å². The van der Waals surface area contributed by atoms with Crippen LogP contribution in [0.5, 0.6) is 5.75 Å². The van der Waals surface area contributed by atoms with Crippen LogP contribution in [0.4, 0.5) is 0 Å². The van der Waals surface area contributed by atoms with E-state index in [0.717, 1.165) is 10.9 Å². The van der Waals surface area contributed by atoms with Crippen molar-refractivity contribution < 1.29 is 4.74 Å². The van der Waals surface area contributed by atoms with E-state index in [4.69, 9.17) is 4.74 Å². The first-order valence-electron chi connectivity index (χ1n) is 6.61. The summed E-state index contributed by atoms with van der Waals surface area (Å²) in [5.74, 6) is 0.603. The van der Waals surface area contributed by atoms with Gasteiger partial charge in [0.05, 0.1) is 6.61 Å². The van der Waals surface area contributed by atoms with E-state index in [1.807, 2.05) is 25.3 Å². The van der Waals surface area contributed by atoms with E-state index in [2.05, 4.69) is 25.9 Å². The van der Waals surface area contributed by atoms with Crippen LogP contribution in [-0.2, 0) is 0 Å². The molecule has 0 bridgehead atoms. The zero-order chi connectivity index (χ0) is 16.1. The predicted octanol–water partition coefficient (Wildman–Crippen LogP) is 3.58. The normalized spacial score (nSPS) is 10.3. The molecule has 2 rings (SSSR count). The smallest absolute Gasteiger partial charge is 0.270 e. The molecule has 1 aromatic carbocycles. The van der Waals surface area contributed by atoms with Crippen LogP contribution in [0.1, 0.15) is 18.9 Å². The molecule has 0 atom stereocenters. The number of aromatic nitrogens is 2. The summed E-state index contributed by atoms with van der Waals surface area (Å²) in [6.45, 7) is 2.56. The maximum atomic E-state index is 12.1. The fourth-order valence-electron chi connectivity index (χ4n) is 1.87. The molecule has 2 aromatic rings. The van der Waals surface area contributed by atoms with E-state index in [1.54, 1.807) is 12.1 Å². The first-order valence-corrected chi connectivity index (χ1v) is 8.63. The molecule has 0 fully saturated rings.